The molecule has 0 aliphatic rings. The van der Waals surface area contributed by atoms with Crippen molar-refractivity contribution in [1.29, 1.82) is 4.78 Å². The van der Waals surface area contributed by atoms with E-state index in [1.165, 1.54) is 6.26 Å². The van der Waals surface area contributed by atoms with Crippen LogP contribution in [0.25, 0.3) is 11.4 Å². The number of aryl methyl sites for hydroxylation is 1. The number of hydrogen-bond acceptors (Lipinski definition) is 5. The Labute approximate surface area is 93.5 Å². The summed E-state index contributed by atoms with van der Waals surface area (Å²) in [7, 11) is -2.66. The Balaban J connectivity index is 2.40. The van der Waals surface area contributed by atoms with Gasteiger partial charge in [-0.05, 0) is 24.3 Å². The van der Waals surface area contributed by atoms with Gasteiger partial charge in [-0.15, -0.1) is 0 Å². The van der Waals surface area contributed by atoms with Crippen molar-refractivity contribution in [3.05, 3.63) is 30.2 Å². The molecule has 0 aliphatic heterocycles. The van der Waals surface area contributed by atoms with Crippen LogP contribution < -0.4 is 0 Å². The Kier molecular flexibility index (Phi) is 2.51. The molecule has 0 amide bonds. The Hall–Kier alpha value is -1.69. The van der Waals surface area contributed by atoms with Crippen molar-refractivity contribution in [2.75, 3.05) is 6.26 Å². The van der Waals surface area contributed by atoms with Gasteiger partial charge in [-0.2, -0.15) is 4.98 Å². The van der Waals surface area contributed by atoms with Crippen LogP contribution in [0.4, 0.5) is 0 Å². The van der Waals surface area contributed by atoms with Crippen molar-refractivity contribution in [2.24, 2.45) is 0 Å². The van der Waals surface area contributed by atoms with E-state index in [9.17, 15) is 4.21 Å². The van der Waals surface area contributed by atoms with Crippen LogP contribution in [0.5, 0.6) is 0 Å². The number of benzene rings is 1. The summed E-state index contributed by atoms with van der Waals surface area (Å²) in [5.74, 6) is 0.996. The molecule has 2 aromatic rings. The molecular formula is C10H11N3O2S. The fourth-order valence-corrected chi connectivity index (χ4v) is 1.94. The first-order valence-corrected chi connectivity index (χ1v) is 6.58. The molecule has 1 aromatic heterocycles. The van der Waals surface area contributed by atoms with E-state index in [1.807, 2.05) is 0 Å². The summed E-state index contributed by atoms with van der Waals surface area (Å²) in [6.07, 6.45) is 1.39. The van der Waals surface area contributed by atoms with Crippen LogP contribution in [0, 0.1) is 11.7 Å². The van der Waals surface area contributed by atoms with Crippen LogP contribution in [0.1, 0.15) is 5.89 Å². The molecule has 1 aromatic carbocycles. The molecule has 0 saturated carbocycles. The first-order valence-electron chi connectivity index (χ1n) is 4.61. The van der Waals surface area contributed by atoms with Crippen molar-refractivity contribution in [2.45, 2.75) is 11.8 Å². The number of nitrogens with one attached hydrogen (secondary N) is 1. The molecular weight excluding hydrogens is 226 g/mol. The molecule has 2 rings (SSSR count). The second-order valence-electron chi connectivity index (χ2n) is 3.51. The third kappa shape index (κ3) is 2.11. The van der Waals surface area contributed by atoms with Gasteiger partial charge in [0, 0.05) is 23.6 Å². The summed E-state index contributed by atoms with van der Waals surface area (Å²) in [5.41, 5.74) is 0.782. The second kappa shape index (κ2) is 3.71. The van der Waals surface area contributed by atoms with Gasteiger partial charge in [0.2, 0.25) is 11.7 Å². The van der Waals surface area contributed by atoms with Crippen LogP contribution in [0.15, 0.2) is 33.7 Å². The first kappa shape index (κ1) is 10.8. The lowest BCUT2D eigenvalue weighted by atomic mass is 10.2. The lowest BCUT2D eigenvalue weighted by Gasteiger charge is -2.00. The van der Waals surface area contributed by atoms with E-state index in [0.717, 1.165) is 5.56 Å². The third-order valence-electron chi connectivity index (χ3n) is 2.09. The van der Waals surface area contributed by atoms with Crippen LogP contribution in [-0.2, 0) is 9.73 Å². The lowest BCUT2D eigenvalue weighted by molar-refractivity contribution is 0.394. The van der Waals surface area contributed by atoms with Gasteiger partial charge < -0.3 is 4.52 Å². The highest BCUT2D eigenvalue weighted by molar-refractivity contribution is 7.91. The van der Waals surface area contributed by atoms with Gasteiger partial charge in [-0.3, -0.25) is 0 Å². The second-order valence-corrected chi connectivity index (χ2v) is 5.66. The van der Waals surface area contributed by atoms with E-state index >= 15 is 0 Å². The molecule has 16 heavy (non-hydrogen) atoms. The standard InChI is InChI=1S/C10H11N3O2S/c1-7-12-10(13-15-7)8-3-5-9(6-4-8)16(2,11)14/h3-6,11H,1-2H3. The van der Waals surface area contributed by atoms with Crippen molar-refractivity contribution < 1.29 is 8.73 Å². The highest BCUT2D eigenvalue weighted by Crippen LogP contribution is 2.18. The summed E-state index contributed by atoms with van der Waals surface area (Å²) >= 11 is 0. The topological polar surface area (TPSA) is 79.8 Å². The minimum absolute atomic E-state index is 0.497. The van der Waals surface area contributed by atoms with Crippen LogP contribution in [-0.4, -0.2) is 20.6 Å². The SMILES string of the molecule is Cc1nc(-c2ccc(S(C)(=N)=O)cc2)no1. The van der Waals surface area contributed by atoms with Gasteiger partial charge in [0.05, 0.1) is 9.73 Å². The fourth-order valence-electron chi connectivity index (χ4n) is 1.28. The van der Waals surface area contributed by atoms with Crippen molar-refractivity contribution in [1.82, 2.24) is 10.1 Å². The van der Waals surface area contributed by atoms with Gasteiger partial charge in [0.15, 0.2) is 0 Å². The van der Waals surface area contributed by atoms with E-state index < -0.39 is 9.73 Å². The highest BCUT2D eigenvalue weighted by Gasteiger charge is 2.07. The zero-order valence-electron chi connectivity index (χ0n) is 8.93. The molecule has 0 bridgehead atoms. The van der Waals surface area contributed by atoms with E-state index in [0.29, 0.717) is 16.6 Å². The average molecular weight is 237 g/mol. The van der Waals surface area contributed by atoms with Gasteiger partial charge in [0.1, 0.15) is 0 Å². The summed E-state index contributed by atoms with van der Waals surface area (Å²) in [5, 5.41) is 3.77. The molecule has 0 radical (unpaired) electrons. The van der Waals surface area contributed by atoms with E-state index in [-0.39, 0.29) is 0 Å². The van der Waals surface area contributed by atoms with Crippen molar-refractivity contribution in [3.63, 3.8) is 0 Å². The number of hydrogen-bond donors (Lipinski definition) is 1. The zero-order valence-corrected chi connectivity index (χ0v) is 9.75. The number of aromatic nitrogens is 2. The monoisotopic (exact) mass is 237 g/mol. The van der Waals surface area contributed by atoms with Crippen LogP contribution >= 0.6 is 0 Å². The van der Waals surface area contributed by atoms with Gasteiger partial charge in [-0.25, -0.2) is 8.99 Å². The average Bonchev–Trinajstić information content (AvgIpc) is 2.64. The fraction of sp³-hybridized carbons (Fsp3) is 0.200. The number of nitrogens with zero attached hydrogens (tertiary/aromatic N) is 2. The normalized spacial score (nSPS) is 14.6. The summed E-state index contributed by atoms with van der Waals surface area (Å²) in [6, 6.07) is 6.77. The molecule has 1 unspecified atom stereocenters. The molecule has 1 atom stereocenters. The largest absolute Gasteiger partial charge is 0.339 e. The molecule has 0 fully saturated rings. The third-order valence-corrected chi connectivity index (χ3v) is 3.26. The molecule has 0 aliphatic carbocycles. The minimum atomic E-state index is -2.66. The van der Waals surface area contributed by atoms with Crippen molar-refractivity contribution >= 4 is 9.73 Å². The van der Waals surface area contributed by atoms with Gasteiger partial charge in [0.25, 0.3) is 0 Å². The maximum Gasteiger partial charge on any atom is 0.223 e. The maximum atomic E-state index is 11.5. The predicted molar refractivity (Wildman–Crippen MR) is 59.5 cm³/mol. The molecule has 1 heterocycles. The Morgan fingerprint density at radius 1 is 1.31 bits per heavy atom. The Bertz CT molecular complexity index is 599. The minimum Gasteiger partial charge on any atom is -0.339 e. The molecule has 1 N–H and O–H groups in total. The summed E-state index contributed by atoms with van der Waals surface area (Å²) in [6.45, 7) is 1.72. The van der Waals surface area contributed by atoms with Gasteiger partial charge in [-0.1, -0.05) is 5.16 Å². The quantitative estimate of drug-likeness (QED) is 0.867. The molecule has 0 spiro atoms. The summed E-state index contributed by atoms with van der Waals surface area (Å²) < 4.78 is 23.7. The van der Waals surface area contributed by atoms with Gasteiger partial charge >= 0.3 is 0 Å². The van der Waals surface area contributed by atoms with Crippen LogP contribution in [0.2, 0.25) is 0 Å². The van der Waals surface area contributed by atoms with Crippen molar-refractivity contribution in [3.8, 4) is 11.4 Å². The Morgan fingerprint density at radius 3 is 2.38 bits per heavy atom. The van der Waals surface area contributed by atoms with Crippen LogP contribution in [0.3, 0.4) is 0 Å². The molecule has 0 saturated heterocycles. The first-order chi connectivity index (χ1) is 7.47. The molecule has 6 heteroatoms. The Morgan fingerprint density at radius 2 is 1.94 bits per heavy atom. The smallest absolute Gasteiger partial charge is 0.223 e. The number of rotatable bonds is 2. The van der Waals surface area contributed by atoms with E-state index in [1.54, 1.807) is 31.2 Å². The maximum absolute atomic E-state index is 11.5. The predicted octanol–water partition coefficient (Wildman–Crippen LogP) is 2.08. The van der Waals surface area contributed by atoms with E-state index in [4.69, 9.17) is 9.30 Å². The zero-order chi connectivity index (χ0) is 11.8. The molecule has 5 nitrogen and oxygen atoms in total. The molecule has 84 valence electrons. The lowest BCUT2D eigenvalue weighted by Crippen LogP contribution is -1.94. The van der Waals surface area contributed by atoms with E-state index in [2.05, 4.69) is 10.1 Å². The summed E-state index contributed by atoms with van der Waals surface area (Å²) in [4.78, 5) is 4.57. The highest BCUT2D eigenvalue weighted by atomic mass is 32.2.